The van der Waals surface area contributed by atoms with Crippen molar-refractivity contribution in [1.29, 1.82) is 0 Å². The molecule has 2 aromatic carbocycles. The highest BCUT2D eigenvalue weighted by Crippen LogP contribution is 2.29. The number of H-pyrrole nitrogens is 1. The number of hydrogen-bond acceptors (Lipinski definition) is 3. The van der Waals surface area contributed by atoms with E-state index in [9.17, 15) is 4.79 Å². The molecule has 0 spiro atoms. The number of aromatic nitrogens is 1. The van der Waals surface area contributed by atoms with Crippen LogP contribution in [0.15, 0.2) is 48.7 Å². The van der Waals surface area contributed by atoms with Crippen molar-refractivity contribution in [3.8, 4) is 0 Å². The number of hydrogen-bond donors (Lipinski definition) is 2. The van der Waals surface area contributed by atoms with Crippen molar-refractivity contribution in [1.82, 2.24) is 4.98 Å². The lowest BCUT2D eigenvalue weighted by molar-refractivity contribution is -0.144. The van der Waals surface area contributed by atoms with Crippen molar-refractivity contribution in [2.45, 2.75) is 19.9 Å². The molecule has 1 heterocycles. The molecule has 0 saturated heterocycles. The van der Waals surface area contributed by atoms with Crippen LogP contribution < -0.4 is 5.32 Å². The number of benzene rings is 2. The first-order valence-electron chi connectivity index (χ1n) is 7.85. The van der Waals surface area contributed by atoms with Gasteiger partial charge in [-0.15, -0.1) is 0 Å². The molecule has 2 N–H and O–H groups in total. The number of fused-ring (bicyclic) bond motifs is 1. The van der Waals surface area contributed by atoms with Crippen molar-refractivity contribution in [3.63, 3.8) is 0 Å². The van der Waals surface area contributed by atoms with Crippen molar-refractivity contribution >= 4 is 34.2 Å². The Morgan fingerprint density at radius 2 is 2.08 bits per heavy atom. The summed E-state index contributed by atoms with van der Waals surface area (Å²) in [6, 6.07) is 12.9. The molecule has 1 aromatic heterocycles. The normalized spacial score (nSPS) is 12.1. The number of aromatic amines is 1. The topological polar surface area (TPSA) is 54.1 Å². The molecule has 0 bridgehead atoms. The van der Waals surface area contributed by atoms with E-state index in [-0.39, 0.29) is 5.97 Å². The number of nitrogens with one attached hydrogen (secondary N) is 2. The lowest BCUT2D eigenvalue weighted by Crippen LogP contribution is -2.23. The monoisotopic (exact) mass is 342 g/mol. The predicted octanol–water partition coefficient (Wildman–Crippen LogP) is 4.85. The Morgan fingerprint density at radius 3 is 2.83 bits per heavy atom. The standard InChI is InChI=1S/C19H19ClN2O2/c1-3-24-19(23)18(22-13-8-9-16(20)12(2)10-13)15-11-21-17-7-5-4-6-14(15)17/h4-11,18,21-22H,3H2,1-2H3. The van der Waals surface area contributed by atoms with E-state index in [1.165, 1.54) is 0 Å². The SMILES string of the molecule is CCOC(=O)C(Nc1ccc(Cl)c(C)c1)c1c[nH]c2ccccc12. The van der Waals surface area contributed by atoms with E-state index in [0.29, 0.717) is 11.6 Å². The molecular formula is C19H19ClN2O2. The van der Waals surface area contributed by atoms with Gasteiger partial charge in [0.05, 0.1) is 6.61 Å². The second kappa shape index (κ2) is 6.97. The molecule has 4 nitrogen and oxygen atoms in total. The molecule has 3 aromatic rings. The second-order valence-corrected chi connectivity index (χ2v) is 5.99. The Kier molecular flexibility index (Phi) is 4.76. The summed E-state index contributed by atoms with van der Waals surface area (Å²) < 4.78 is 5.26. The molecule has 0 aliphatic carbocycles. The van der Waals surface area contributed by atoms with Gasteiger partial charge < -0.3 is 15.0 Å². The number of ether oxygens (including phenoxy) is 1. The summed E-state index contributed by atoms with van der Waals surface area (Å²) in [7, 11) is 0. The zero-order chi connectivity index (χ0) is 17.1. The third kappa shape index (κ3) is 3.24. The van der Waals surface area contributed by atoms with Gasteiger partial charge in [-0.1, -0.05) is 29.8 Å². The summed E-state index contributed by atoms with van der Waals surface area (Å²) in [4.78, 5) is 15.7. The Morgan fingerprint density at radius 1 is 1.29 bits per heavy atom. The minimum absolute atomic E-state index is 0.310. The smallest absolute Gasteiger partial charge is 0.333 e. The Hall–Kier alpha value is -2.46. The van der Waals surface area contributed by atoms with Crippen LogP contribution in [0.3, 0.4) is 0 Å². The van der Waals surface area contributed by atoms with Crippen LogP contribution in [0.5, 0.6) is 0 Å². The second-order valence-electron chi connectivity index (χ2n) is 5.58. The van der Waals surface area contributed by atoms with Crippen LogP contribution in [0.4, 0.5) is 5.69 Å². The zero-order valence-corrected chi connectivity index (χ0v) is 14.4. The lowest BCUT2D eigenvalue weighted by Gasteiger charge is -2.18. The minimum atomic E-state index is -0.596. The third-order valence-corrected chi connectivity index (χ3v) is 4.35. The Bertz CT molecular complexity index is 873. The molecule has 3 rings (SSSR count). The van der Waals surface area contributed by atoms with Crippen molar-refractivity contribution in [3.05, 3.63) is 64.8 Å². The Labute approximate surface area is 145 Å². The first kappa shape index (κ1) is 16.4. The van der Waals surface area contributed by atoms with Crippen LogP contribution >= 0.6 is 11.6 Å². The van der Waals surface area contributed by atoms with E-state index in [2.05, 4.69) is 10.3 Å². The van der Waals surface area contributed by atoms with Crippen LogP contribution in [-0.4, -0.2) is 17.6 Å². The Balaban J connectivity index is 2.00. The average Bonchev–Trinajstić information content (AvgIpc) is 3.00. The van der Waals surface area contributed by atoms with Crippen LogP contribution in [0, 0.1) is 6.92 Å². The van der Waals surface area contributed by atoms with E-state index in [0.717, 1.165) is 27.7 Å². The zero-order valence-electron chi connectivity index (χ0n) is 13.6. The molecule has 0 radical (unpaired) electrons. The fourth-order valence-corrected chi connectivity index (χ4v) is 2.84. The van der Waals surface area contributed by atoms with E-state index < -0.39 is 6.04 Å². The average molecular weight is 343 g/mol. The van der Waals surface area contributed by atoms with Gasteiger partial charge in [-0.05, 0) is 43.7 Å². The molecule has 24 heavy (non-hydrogen) atoms. The van der Waals surface area contributed by atoms with Crippen LogP contribution in [0.2, 0.25) is 5.02 Å². The van der Waals surface area contributed by atoms with E-state index >= 15 is 0 Å². The van der Waals surface area contributed by atoms with Gasteiger partial charge >= 0.3 is 5.97 Å². The number of carbonyl (C=O) groups is 1. The first-order valence-corrected chi connectivity index (χ1v) is 8.23. The maximum Gasteiger partial charge on any atom is 0.333 e. The lowest BCUT2D eigenvalue weighted by atomic mass is 10.1. The van der Waals surface area contributed by atoms with E-state index in [4.69, 9.17) is 16.3 Å². The largest absolute Gasteiger partial charge is 0.464 e. The summed E-state index contributed by atoms with van der Waals surface area (Å²) in [5.74, 6) is -0.310. The van der Waals surface area contributed by atoms with Crippen molar-refractivity contribution < 1.29 is 9.53 Å². The maximum absolute atomic E-state index is 12.5. The maximum atomic E-state index is 12.5. The molecule has 0 aliphatic heterocycles. The quantitative estimate of drug-likeness (QED) is 0.652. The molecule has 0 fully saturated rings. The van der Waals surface area contributed by atoms with Gasteiger partial charge in [0.2, 0.25) is 0 Å². The molecule has 1 unspecified atom stereocenters. The fraction of sp³-hybridized carbons (Fsp3) is 0.211. The van der Waals surface area contributed by atoms with Crippen LogP contribution in [0.1, 0.15) is 24.1 Å². The third-order valence-electron chi connectivity index (χ3n) is 3.92. The van der Waals surface area contributed by atoms with Crippen LogP contribution in [-0.2, 0) is 9.53 Å². The van der Waals surface area contributed by atoms with Gasteiger partial charge in [0, 0.05) is 33.4 Å². The van der Waals surface area contributed by atoms with Gasteiger partial charge in [-0.3, -0.25) is 0 Å². The number of carbonyl (C=O) groups excluding carboxylic acids is 1. The molecule has 0 aliphatic rings. The highest BCUT2D eigenvalue weighted by molar-refractivity contribution is 6.31. The summed E-state index contributed by atoms with van der Waals surface area (Å²) in [5, 5.41) is 4.96. The number of halogens is 1. The number of esters is 1. The van der Waals surface area contributed by atoms with Gasteiger partial charge in [0.25, 0.3) is 0 Å². The summed E-state index contributed by atoms with van der Waals surface area (Å²) in [6.07, 6.45) is 1.85. The number of para-hydroxylation sites is 1. The molecular weight excluding hydrogens is 324 g/mol. The molecule has 124 valence electrons. The van der Waals surface area contributed by atoms with Crippen LogP contribution in [0.25, 0.3) is 10.9 Å². The predicted molar refractivity (Wildman–Crippen MR) is 97.5 cm³/mol. The van der Waals surface area contributed by atoms with E-state index in [1.54, 1.807) is 6.92 Å². The van der Waals surface area contributed by atoms with Gasteiger partial charge in [0.1, 0.15) is 0 Å². The first-order chi connectivity index (χ1) is 11.6. The summed E-state index contributed by atoms with van der Waals surface area (Å²) in [5.41, 5.74) is 3.61. The van der Waals surface area contributed by atoms with Gasteiger partial charge in [0.15, 0.2) is 6.04 Å². The molecule has 5 heteroatoms. The fourth-order valence-electron chi connectivity index (χ4n) is 2.72. The van der Waals surface area contributed by atoms with Gasteiger partial charge in [-0.25, -0.2) is 4.79 Å². The highest BCUT2D eigenvalue weighted by Gasteiger charge is 2.25. The number of rotatable bonds is 5. The summed E-state index contributed by atoms with van der Waals surface area (Å²) in [6.45, 7) is 4.06. The van der Waals surface area contributed by atoms with E-state index in [1.807, 2.05) is 55.6 Å². The minimum Gasteiger partial charge on any atom is -0.464 e. The number of aryl methyl sites for hydroxylation is 1. The molecule has 1 atom stereocenters. The molecule has 0 amide bonds. The summed E-state index contributed by atoms with van der Waals surface area (Å²) >= 11 is 6.08. The van der Waals surface area contributed by atoms with Crippen molar-refractivity contribution in [2.24, 2.45) is 0 Å². The van der Waals surface area contributed by atoms with Crippen molar-refractivity contribution in [2.75, 3.05) is 11.9 Å². The number of anilines is 1. The molecule has 0 saturated carbocycles. The highest BCUT2D eigenvalue weighted by atomic mass is 35.5. The van der Waals surface area contributed by atoms with Gasteiger partial charge in [-0.2, -0.15) is 0 Å².